The number of nitrogens with one attached hydrogen (secondary N) is 2. The second kappa shape index (κ2) is 9.22. The Morgan fingerprint density at radius 2 is 2.06 bits per heavy atom. The number of hydrogen-bond acceptors (Lipinski definition) is 6. The van der Waals surface area contributed by atoms with Gasteiger partial charge in [-0.1, -0.05) is 12.1 Å². The number of aliphatic imine (C=N–C) groups is 1. The zero-order chi connectivity index (χ0) is 23.6. The fraction of sp³-hybridized carbons (Fsp3) is 0.348. The number of rotatable bonds is 5. The second-order valence-corrected chi connectivity index (χ2v) is 8.25. The molecule has 1 aromatic carbocycles. The van der Waals surface area contributed by atoms with Crippen molar-refractivity contribution in [2.24, 2.45) is 10.7 Å². The molecule has 0 bridgehead atoms. The summed E-state index contributed by atoms with van der Waals surface area (Å²) in [6, 6.07) is 7.33. The molecule has 1 unspecified atom stereocenters. The molecule has 7 nitrogen and oxygen atoms in total. The summed E-state index contributed by atoms with van der Waals surface area (Å²) in [7, 11) is 0. The van der Waals surface area contributed by atoms with Gasteiger partial charge in [-0.05, 0) is 37.1 Å². The molecule has 0 radical (unpaired) electrons. The molecule has 33 heavy (non-hydrogen) atoms. The van der Waals surface area contributed by atoms with Crippen molar-refractivity contribution >= 4 is 29.3 Å². The lowest BCUT2D eigenvalue weighted by Crippen LogP contribution is -2.28. The zero-order valence-electron chi connectivity index (χ0n) is 18.1. The van der Waals surface area contributed by atoms with Crippen molar-refractivity contribution < 1.29 is 18.0 Å². The van der Waals surface area contributed by atoms with Crippen molar-refractivity contribution in [3.05, 3.63) is 59.4 Å². The van der Waals surface area contributed by atoms with E-state index >= 15 is 0 Å². The Labute approximate surface area is 189 Å². The number of halogens is 3. The van der Waals surface area contributed by atoms with Gasteiger partial charge in [-0.25, -0.2) is 4.98 Å². The lowest BCUT2D eigenvalue weighted by atomic mass is 9.98. The number of pyridine rings is 1. The van der Waals surface area contributed by atoms with Crippen LogP contribution in [0.5, 0.6) is 0 Å². The highest BCUT2D eigenvalue weighted by Gasteiger charge is 2.28. The Bertz CT molecular complexity index is 1080. The van der Waals surface area contributed by atoms with E-state index in [0.29, 0.717) is 17.8 Å². The number of nitrogens with two attached hydrogens (primary N) is 1. The Morgan fingerprint density at radius 3 is 2.70 bits per heavy atom. The molecule has 0 spiro atoms. The highest BCUT2D eigenvalue weighted by molar-refractivity contribution is 6.05. The molecule has 1 saturated heterocycles. The van der Waals surface area contributed by atoms with Gasteiger partial charge >= 0.3 is 6.18 Å². The lowest BCUT2D eigenvalue weighted by molar-refractivity contribution is -0.127. The predicted octanol–water partition coefficient (Wildman–Crippen LogP) is 3.34. The first-order chi connectivity index (χ1) is 15.7. The third-order valence-corrected chi connectivity index (χ3v) is 5.64. The van der Waals surface area contributed by atoms with Gasteiger partial charge in [0.15, 0.2) is 0 Å². The van der Waals surface area contributed by atoms with Crippen LogP contribution < -0.4 is 21.3 Å². The minimum atomic E-state index is -4.28. The summed E-state index contributed by atoms with van der Waals surface area (Å²) in [5.41, 5.74) is 8.62. The van der Waals surface area contributed by atoms with E-state index in [-0.39, 0.29) is 17.6 Å². The lowest BCUT2D eigenvalue weighted by Gasteiger charge is -2.24. The van der Waals surface area contributed by atoms with Gasteiger partial charge in [-0.2, -0.15) is 13.2 Å². The van der Waals surface area contributed by atoms with Crippen LogP contribution in [0.15, 0.2) is 47.7 Å². The van der Waals surface area contributed by atoms with Crippen molar-refractivity contribution in [1.29, 1.82) is 0 Å². The molecule has 1 aromatic heterocycles. The third kappa shape index (κ3) is 5.51. The normalized spacial score (nSPS) is 20.4. The van der Waals surface area contributed by atoms with Crippen LogP contribution in [0.25, 0.3) is 5.57 Å². The van der Waals surface area contributed by atoms with Crippen LogP contribution in [-0.4, -0.2) is 48.6 Å². The Kier molecular flexibility index (Phi) is 6.37. The van der Waals surface area contributed by atoms with Gasteiger partial charge in [0.25, 0.3) is 5.91 Å². The number of benzene rings is 1. The molecule has 2 aromatic rings. The predicted molar refractivity (Wildman–Crippen MR) is 122 cm³/mol. The van der Waals surface area contributed by atoms with Crippen LogP contribution in [0.2, 0.25) is 0 Å². The van der Waals surface area contributed by atoms with Crippen molar-refractivity contribution in [1.82, 2.24) is 10.3 Å². The maximum Gasteiger partial charge on any atom is 0.393 e. The molecule has 2 aliphatic heterocycles. The fourth-order valence-corrected chi connectivity index (χ4v) is 3.95. The van der Waals surface area contributed by atoms with E-state index in [1.54, 1.807) is 12.4 Å². The number of nitrogens with zero attached hydrogens (tertiary/aromatic N) is 3. The molecule has 10 heteroatoms. The first-order valence-electron chi connectivity index (χ1n) is 10.7. The van der Waals surface area contributed by atoms with Crippen molar-refractivity contribution in [2.45, 2.75) is 38.0 Å². The summed E-state index contributed by atoms with van der Waals surface area (Å²) >= 11 is 0. The van der Waals surface area contributed by atoms with Crippen LogP contribution in [0.3, 0.4) is 0 Å². The van der Waals surface area contributed by atoms with Crippen molar-refractivity contribution in [2.75, 3.05) is 23.3 Å². The summed E-state index contributed by atoms with van der Waals surface area (Å²) in [6.07, 6.45) is 0.526. The molecule has 0 aliphatic carbocycles. The maximum atomic E-state index is 12.9. The van der Waals surface area contributed by atoms with Crippen molar-refractivity contribution in [3.8, 4) is 0 Å². The number of hydrogen-bond donors (Lipinski definition) is 3. The number of anilines is 2. The van der Waals surface area contributed by atoms with Gasteiger partial charge in [-0.15, -0.1) is 0 Å². The minimum absolute atomic E-state index is 0.0665. The van der Waals surface area contributed by atoms with Crippen LogP contribution in [0, 0.1) is 0 Å². The molecule has 4 N–H and O–H groups in total. The van der Waals surface area contributed by atoms with E-state index in [2.05, 4.69) is 25.5 Å². The zero-order valence-corrected chi connectivity index (χ0v) is 18.1. The SMILES string of the molecule is CC1N=CNC=C1c1cc(C(=O)Nc2ccc(CC(F)(F)F)cc2)cnc1N1CC[C@H](N)C1. The summed E-state index contributed by atoms with van der Waals surface area (Å²) in [5.74, 6) is 0.338. The molecule has 2 atom stereocenters. The molecule has 1 amide bonds. The molecular formula is C23H25F3N6O. The molecule has 1 fully saturated rings. The average molecular weight is 458 g/mol. The molecule has 174 valence electrons. The first-order valence-corrected chi connectivity index (χ1v) is 10.7. The van der Waals surface area contributed by atoms with E-state index in [4.69, 9.17) is 5.73 Å². The van der Waals surface area contributed by atoms with E-state index in [0.717, 1.165) is 29.9 Å². The number of carbonyl (C=O) groups excluding carboxylic acids is 1. The molecule has 4 rings (SSSR count). The molecular weight excluding hydrogens is 433 g/mol. The topological polar surface area (TPSA) is 95.6 Å². The van der Waals surface area contributed by atoms with Crippen LogP contribution in [0.1, 0.15) is 34.8 Å². The molecule has 3 heterocycles. The van der Waals surface area contributed by atoms with E-state index in [1.165, 1.54) is 30.5 Å². The summed E-state index contributed by atoms with van der Waals surface area (Å²) in [4.78, 5) is 24.0. The molecule has 2 aliphatic rings. The summed E-state index contributed by atoms with van der Waals surface area (Å²) in [5, 5.41) is 5.72. The number of amides is 1. The monoisotopic (exact) mass is 458 g/mol. The largest absolute Gasteiger partial charge is 0.393 e. The van der Waals surface area contributed by atoms with Gasteiger partial charge < -0.3 is 21.3 Å². The third-order valence-electron chi connectivity index (χ3n) is 5.64. The van der Waals surface area contributed by atoms with Gasteiger partial charge in [0.05, 0.1) is 24.4 Å². The van der Waals surface area contributed by atoms with Gasteiger partial charge in [0, 0.05) is 48.4 Å². The second-order valence-electron chi connectivity index (χ2n) is 8.25. The average Bonchev–Trinajstić information content (AvgIpc) is 3.20. The highest BCUT2D eigenvalue weighted by Crippen LogP contribution is 2.32. The van der Waals surface area contributed by atoms with Gasteiger partial charge in [0.1, 0.15) is 5.82 Å². The Balaban J connectivity index is 1.58. The Morgan fingerprint density at radius 1 is 1.30 bits per heavy atom. The van der Waals surface area contributed by atoms with E-state index in [1.807, 2.05) is 13.1 Å². The maximum absolute atomic E-state index is 12.9. The summed E-state index contributed by atoms with van der Waals surface area (Å²) in [6.45, 7) is 3.40. The fourth-order valence-electron chi connectivity index (χ4n) is 3.95. The molecule has 0 saturated carbocycles. The van der Waals surface area contributed by atoms with E-state index < -0.39 is 18.5 Å². The van der Waals surface area contributed by atoms with Gasteiger partial charge in [-0.3, -0.25) is 9.79 Å². The number of carbonyl (C=O) groups is 1. The van der Waals surface area contributed by atoms with Crippen molar-refractivity contribution in [3.63, 3.8) is 0 Å². The van der Waals surface area contributed by atoms with Crippen LogP contribution >= 0.6 is 0 Å². The number of aromatic nitrogens is 1. The quantitative estimate of drug-likeness (QED) is 0.639. The van der Waals surface area contributed by atoms with E-state index in [9.17, 15) is 18.0 Å². The highest BCUT2D eigenvalue weighted by atomic mass is 19.4. The van der Waals surface area contributed by atoms with Crippen LogP contribution in [-0.2, 0) is 6.42 Å². The smallest absolute Gasteiger partial charge is 0.354 e. The Hall–Kier alpha value is -3.40. The number of alkyl halides is 3. The standard InChI is InChI=1S/C23H25F3N6O/c1-14-20(11-28-13-30-14)19-8-16(10-29-21(19)32-7-6-17(27)12-32)22(33)31-18-4-2-15(3-5-18)9-23(24,25)26/h2-5,8,10-11,13-14,17H,6-7,9,12,27H2,1H3,(H,28,30)(H,31,33)/t14?,17-/m0/s1. The van der Waals surface area contributed by atoms with Crippen LogP contribution in [0.4, 0.5) is 24.7 Å². The minimum Gasteiger partial charge on any atom is -0.354 e. The van der Waals surface area contributed by atoms with Gasteiger partial charge in [0.2, 0.25) is 0 Å². The first kappa shape index (κ1) is 22.8. The summed E-state index contributed by atoms with van der Waals surface area (Å²) < 4.78 is 37.7.